The zero-order chi connectivity index (χ0) is 15.8. The zero-order valence-corrected chi connectivity index (χ0v) is 12.8. The molecule has 23 heavy (non-hydrogen) atoms. The van der Waals surface area contributed by atoms with Crippen molar-refractivity contribution < 1.29 is 9.59 Å². The fourth-order valence-electron chi connectivity index (χ4n) is 3.49. The fraction of sp³-hybridized carbons (Fsp3) is 0.263. The van der Waals surface area contributed by atoms with Crippen molar-refractivity contribution in [3.05, 3.63) is 70.8 Å². The second-order valence-corrected chi connectivity index (χ2v) is 6.15. The minimum Gasteiger partial charge on any atom is -0.345 e. The molecule has 0 aromatic heterocycles. The van der Waals surface area contributed by atoms with E-state index in [4.69, 9.17) is 0 Å². The number of nitrogens with zero attached hydrogens (tertiary/aromatic N) is 1. The molecule has 0 saturated heterocycles. The lowest BCUT2D eigenvalue weighted by Crippen LogP contribution is -2.37. The van der Waals surface area contributed by atoms with Crippen LogP contribution in [0.4, 0.5) is 0 Å². The third kappa shape index (κ3) is 2.50. The van der Waals surface area contributed by atoms with Crippen molar-refractivity contribution in [3.63, 3.8) is 0 Å². The second-order valence-electron chi connectivity index (χ2n) is 6.15. The van der Waals surface area contributed by atoms with Crippen LogP contribution in [-0.2, 0) is 17.8 Å². The van der Waals surface area contributed by atoms with E-state index in [0.717, 1.165) is 18.5 Å². The van der Waals surface area contributed by atoms with Gasteiger partial charge in [0.15, 0.2) is 0 Å². The number of hydrogen-bond donors (Lipinski definition) is 1. The molecule has 2 amide bonds. The van der Waals surface area contributed by atoms with E-state index >= 15 is 0 Å². The van der Waals surface area contributed by atoms with Crippen molar-refractivity contribution in [2.75, 3.05) is 6.54 Å². The topological polar surface area (TPSA) is 49.4 Å². The van der Waals surface area contributed by atoms with Crippen molar-refractivity contribution in [3.8, 4) is 0 Å². The van der Waals surface area contributed by atoms with Gasteiger partial charge < -0.3 is 10.2 Å². The molecule has 0 bridgehead atoms. The average Bonchev–Trinajstić information content (AvgIpc) is 2.91. The van der Waals surface area contributed by atoms with Crippen LogP contribution in [0.2, 0.25) is 0 Å². The van der Waals surface area contributed by atoms with Crippen LogP contribution < -0.4 is 5.32 Å². The predicted octanol–water partition coefficient (Wildman–Crippen LogP) is 2.45. The lowest BCUT2D eigenvalue weighted by atomic mass is 9.98. The quantitative estimate of drug-likeness (QED) is 0.926. The Labute approximate surface area is 135 Å². The molecule has 116 valence electrons. The Hall–Kier alpha value is -2.62. The minimum absolute atomic E-state index is 0.0811. The Morgan fingerprint density at radius 3 is 2.70 bits per heavy atom. The third-order valence-electron chi connectivity index (χ3n) is 4.75. The third-order valence-corrected chi connectivity index (χ3v) is 4.75. The van der Waals surface area contributed by atoms with Gasteiger partial charge in [-0.1, -0.05) is 42.5 Å². The smallest absolute Gasteiger partial charge is 0.252 e. The summed E-state index contributed by atoms with van der Waals surface area (Å²) >= 11 is 0. The van der Waals surface area contributed by atoms with Crippen LogP contribution >= 0.6 is 0 Å². The summed E-state index contributed by atoms with van der Waals surface area (Å²) in [6.45, 7) is 1.41. The number of nitrogens with one attached hydrogen (secondary N) is 1. The maximum atomic E-state index is 12.7. The molecule has 4 heteroatoms. The normalized spacial score (nSPS) is 19.0. The number of amides is 2. The van der Waals surface area contributed by atoms with Crippen LogP contribution in [0, 0.1) is 0 Å². The molecule has 1 N–H and O–H groups in total. The fourth-order valence-corrected chi connectivity index (χ4v) is 3.49. The van der Waals surface area contributed by atoms with Gasteiger partial charge >= 0.3 is 0 Å². The van der Waals surface area contributed by atoms with E-state index in [1.807, 2.05) is 41.3 Å². The van der Waals surface area contributed by atoms with Crippen molar-refractivity contribution in [2.45, 2.75) is 25.4 Å². The predicted molar refractivity (Wildman–Crippen MR) is 86.8 cm³/mol. The Morgan fingerprint density at radius 2 is 1.83 bits per heavy atom. The molecule has 0 fully saturated rings. The first-order valence-corrected chi connectivity index (χ1v) is 7.97. The highest BCUT2D eigenvalue weighted by Gasteiger charge is 2.31. The van der Waals surface area contributed by atoms with Crippen LogP contribution in [0.5, 0.6) is 0 Å². The molecule has 0 spiro atoms. The largest absolute Gasteiger partial charge is 0.345 e. The van der Waals surface area contributed by atoms with Gasteiger partial charge in [0.1, 0.15) is 0 Å². The number of hydrogen-bond acceptors (Lipinski definition) is 2. The van der Waals surface area contributed by atoms with Crippen LogP contribution in [0.1, 0.15) is 39.5 Å². The highest BCUT2D eigenvalue weighted by atomic mass is 16.2. The van der Waals surface area contributed by atoms with Crippen molar-refractivity contribution >= 4 is 11.8 Å². The molecule has 2 aromatic carbocycles. The summed E-state index contributed by atoms with van der Waals surface area (Å²) in [6.07, 6.45) is 1.22. The van der Waals surface area contributed by atoms with Crippen LogP contribution in [0.3, 0.4) is 0 Å². The monoisotopic (exact) mass is 306 g/mol. The van der Waals surface area contributed by atoms with Gasteiger partial charge in [-0.3, -0.25) is 9.59 Å². The van der Waals surface area contributed by atoms with Gasteiger partial charge in [0, 0.05) is 18.7 Å². The summed E-state index contributed by atoms with van der Waals surface area (Å²) in [5.74, 6) is 0.0175. The van der Waals surface area contributed by atoms with Crippen molar-refractivity contribution in [2.24, 2.45) is 0 Å². The number of benzene rings is 2. The Bertz CT molecular complexity index is 784. The van der Waals surface area contributed by atoms with E-state index in [1.54, 1.807) is 0 Å². The van der Waals surface area contributed by atoms with E-state index < -0.39 is 0 Å². The molecule has 2 aromatic rings. The Morgan fingerprint density at radius 1 is 1.09 bits per heavy atom. The van der Waals surface area contributed by atoms with Crippen molar-refractivity contribution in [1.82, 2.24) is 10.2 Å². The molecule has 2 aliphatic rings. The van der Waals surface area contributed by atoms with Gasteiger partial charge in [0.25, 0.3) is 5.91 Å². The maximum absolute atomic E-state index is 12.7. The maximum Gasteiger partial charge on any atom is 0.252 e. The summed E-state index contributed by atoms with van der Waals surface area (Å²) in [5, 5.41) is 2.92. The van der Waals surface area contributed by atoms with Crippen LogP contribution in [-0.4, -0.2) is 23.3 Å². The number of carbonyl (C=O) groups is 2. The van der Waals surface area contributed by atoms with Gasteiger partial charge in [0.2, 0.25) is 5.91 Å². The number of rotatable bonds is 2. The molecular formula is C19H18N2O2. The Kier molecular flexibility index (Phi) is 3.37. The molecule has 0 saturated carbocycles. The summed E-state index contributed by atoms with van der Waals surface area (Å²) in [4.78, 5) is 26.5. The molecular weight excluding hydrogens is 288 g/mol. The van der Waals surface area contributed by atoms with Gasteiger partial charge in [-0.25, -0.2) is 0 Å². The van der Waals surface area contributed by atoms with Crippen LogP contribution in [0.25, 0.3) is 0 Å². The highest BCUT2D eigenvalue weighted by molar-refractivity contribution is 5.99. The highest BCUT2D eigenvalue weighted by Crippen LogP contribution is 2.29. The molecule has 0 radical (unpaired) electrons. The van der Waals surface area contributed by atoms with Crippen molar-refractivity contribution in [1.29, 1.82) is 0 Å². The van der Waals surface area contributed by atoms with Gasteiger partial charge in [-0.2, -0.15) is 0 Å². The molecule has 1 atom stereocenters. The summed E-state index contributed by atoms with van der Waals surface area (Å²) in [6, 6.07) is 15.6. The lowest BCUT2D eigenvalue weighted by molar-refractivity contribution is -0.132. The standard InChI is InChI=1S/C19H18N2O2/c22-18(21-10-9-13-5-1-2-6-14(13)12-21)11-17-15-7-3-4-8-16(15)19(23)20-17/h1-8,17H,9-12H2,(H,20,23)/t17-/m0/s1. The van der Waals surface area contributed by atoms with Gasteiger partial charge in [-0.15, -0.1) is 0 Å². The first kappa shape index (κ1) is 14.0. The lowest BCUT2D eigenvalue weighted by Gasteiger charge is -2.29. The summed E-state index contributed by atoms with van der Waals surface area (Å²) in [5.41, 5.74) is 4.18. The first-order valence-electron chi connectivity index (χ1n) is 7.97. The average molecular weight is 306 g/mol. The molecule has 2 aliphatic heterocycles. The molecule has 0 aliphatic carbocycles. The zero-order valence-electron chi connectivity index (χ0n) is 12.8. The van der Waals surface area contributed by atoms with Gasteiger partial charge in [0.05, 0.1) is 12.5 Å². The summed E-state index contributed by atoms with van der Waals surface area (Å²) < 4.78 is 0. The number of fused-ring (bicyclic) bond motifs is 2. The van der Waals surface area contributed by atoms with E-state index in [2.05, 4.69) is 17.4 Å². The van der Waals surface area contributed by atoms with E-state index in [9.17, 15) is 9.59 Å². The summed E-state index contributed by atoms with van der Waals surface area (Å²) in [7, 11) is 0. The minimum atomic E-state index is -0.205. The Balaban J connectivity index is 1.49. The molecule has 4 nitrogen and oxygen atoms in total. The molecule has 4 rings (SSSR count). The molecule has 2 heterocycles. The van der Waals surface area contributed by atoms with Crippen LogP contribution in [0.15, 0.2) is 48.5 Å². The van der Waals surface area contributed by atoms with E-state index in [0.29, 0.717) is 18.5 Å². The van der Waals surface area contributed by atoms with E-state index in [-0.39, 0.29) is 17.9 Å². The SMILES string of the molecule is O=C1N[C@@H](CC(=O)N2CCc3ccccc3C2)c2ccccc21. The number of carbonyl (C=O) groups excluding carboxylic acids is 2. The van der Waals surface area contributed by atoms with Gasteiger partial charge in [-0.05, 0) is 29.2 Å². The molecule has 0 unspecified atom stereocenters. The second kappa shape index (κ2) is 5.54. The van der Waals surface area contributed by atoms with E-state index in [1.165, 1.54) is 11.1 Å². The first-order chi connectivity index (χ1) is 11.2.